The smallest absolute Gasteiger partial charge is 0.351 e. The van der Waals surface area contributed by atoms with E-state index >= 15 is 0 Å². The fraction of sp³-hybridized carbons (Fsp3) is 0.529. The summed E-state index contributed by atoms with van der Waals surface area (Å²) in [6.07, 6.45) is -4.36. The highest BCUT2D eigenvalue weighted by molar-refractivity contribution is 5.97. The molecule has 5 nitrogen and oxygen atoms in total. The molecule has 2 saturated heterocycles. The molecule has 136 valence electrons. The third-order valence-electron chi connectivity index (χ3n) is 4.89. The largest absolute Gasteiger partial charge is 0.416 e. The van der Waals surface area contributed by atoms with E-state index in [9.17, 15) is 22.8 Å². The zero-order valence-corrected chi connectivity index (χ0v) is 13.8. The van der Waals surface area contributed by atoms with E-state index in [0.717, 1.165) is 25.2 Å². The van der Waals surface area contributed by atoms with Crippen LogP contribution < -0.4 is 15.5 Å². The molecule has 0 saturated carbocycles. The Morgan fingerprint density at radius 1 is 1.36 bits per heavy atom. The Hall–Kier alpha value is -2.09. The third kappa shape index (κ3) is 3.78. The summed E-state index contributed by atoms with van der Waals surface area (Å²) in [5, 5.41) is 5.96. The Morgan fingerprint density at radius 3 is 2.68 bits per heavy atom. The maximum atomic E-state index is 12.8. The molecule has 2 amide bonds. The predicted molar refractivity (Wildman–Crippen MR) is 85.9 cm³/mol. The van der Waals surface area contributed by atoms with E-state index in [2.05, 4.69) is 10.6 Å². The van der Waals surface area contributed by atoms with Gasteiger partial charge in [0.25, 0.3) is 0 Å². The first-order valence-corrected chi connectivity index (χ1v) is 8.24. The molecule has 2 aliphatic heterocycles. The normalized spacial score (nSPS) is 22.6. The molecule has 8 heteroatoms. The number of halogens is 3. The number of nitrogens with zero attached hydrogens (tertiary/aromatic N) is 1. The Balaban J connectivity index is 1.65. The lowest BCUT2D eigenvalue weighted by Crippen LogP contribution is -2.51. The minimum atomic E-state index is -4.46. The molecule has 2 N–H and O–H groups in total. The Morgan fingerprint density at radius 2 is 2.08 bits per heavy atom. The molecule has 2 fully saturated rings. The lowest BCUT2D eigenvalue weighted by Gasteiger charge is -2.32. The van der Waals surface area contributed by atoms with Crippen LogP contribution in [0.25, 0.3) is 0 Å². The van der Waals surface area contributed by atoms with Gasteiger partial charge in [0, 0.05) is 24.6 Å². The van der Waals surface area contributed by atoms with E-state index in [1.54, 1.807) is 0 Å². The van der Waals surface area contributed by atoms with Crippen LogP contribution in [-0.4, -0.2) is 37.5 Å². The molecule has 3 rings (SSSR count). The second-order valence-electron chi connectivity index (χ2n) is 6.67. The highest BCUT2D eigenvalue weighted by atomic mass is 19.4. The predicted octanol–water partition coefficient (Wildman–Crippen LogP) is 1.78. The van der Waals surface area contributed by atoms with Crippen LogP contribution in [0.2, 0.25) is 0 Å². The molecule has 1 aromatic rings. The van der Waals surface area contributed by atoms with Crippen molar-refractivity contribution < 1.29 is 22.8 Å². The first kappa shape index (κ1) is 17.7. The zero-order valence-electron chi connectivity index (χ0n) is 13.8. The quantitative estimate of drug-likeness (QED) is 0.866. The zero-order chi connectivity index (χ0) is 18.2. The van der Waals surface area contributed by atoms with E-state index in [1.807, 2.05) is 6.92 Å². The van der Waals surface area contributed by atoms with Crippen molar-refractivity contribution in [3.05, 3.63) is 29.8 Å². The van der Waals surface area contributed by atoms with Crippen molar-refractivity contribution in [2.75, 3.05) is 24.5 Å². The number of rotatable bonds is 4. The molecule has 2 unspecified atom stereocenters. The van der Waals surface area contributed by atoms with Crippen molar-refractivity contribution in [1.82, 2.24) is 10.6 Å². The molecular weight excluding hydrogens is 335 g/mol. The maximum absolute atomic E-state index is 12.8. The molecule has 2 atom stereocenters. The average Bonchev–Trinajstić information content (AvgIpc) is 2.85. The van der Waals surface area contributed by atoms with Gasteiger partial charge in [-0.25, -0.2) is 0 Å². The second kappa shape index (κ2) is 6.67. The van der Waals surface area contributed by atoms with Gasteiger partial charge in [-0.15, -0.1) is 0 Å². The highest BCUT2D eigenvalue weighted by Gasteiger charge is 2.36. The van der Waals surface area contributed by atoms with Crippen LogP contribution in [0.1, 0.15) is 18.9 Å². The van der Waals surface area contributed by atoms with Crippen LogP contribution in [0.15, 0.2) is 24.3 Å². The van der Waals surface area contributed by atoms with Crippen molar-refractivity contribution in [2.24, 2.45) is 11.8 Å². The molecule has 0 aromatic heterocycles. The number of nitrogens with one attached hydrogen (secondary N) is 2. The van der Waals surface area contributed by atoms with Crippen molar-refractivity contribution >= 4 is 17.5 Å². The second-order valence-corrected chi connectivity index (χ2v) is 6.67. The summed E-state index contributed by atoms with van der Waals surface area (Å²) in [7, 11) is 0. The van der Waals surface area contributed by atoms with Gasteiger partial charge in [-0.3, -0.25) is 9.59 Å². The fourth-order valence-corrected chi connectivity index (χ4v) is 3.12. The van der Waals surface area contributed by atoms with Gasteiger partial charge in [0.05, 0.1) is 11.6 Å². The van der Waals surface area contributed by atoms with Crippen LogP contribution in [-0.2, 0) is 15.8 Å². The Bertz CT molecular complexity index is 673. The number of alkyl halides is 3. The highest BCUT2D eigenvalue weighted by Crippen LogP contribution is 2.32. The molecule has 2 heterocycles. The van der Waals surface area contributed by atoms with Crippen LogP contribution in [0.4, 0.5) is 18.9 Å². The number of hydrogen-bond acceptors (Lipinski definition) is 3. The Kier molecular flexibility index (Phi) is 4.73. The summed E-state index contributed by atoms with van der Waals surface area (Å²) in [6, 6.07) is 4.30. The van der Waals surface area contributed by atoms with Crippen molar-refractivity contribution in [1.29, 1.82) is 0 Å². The number of amides is 2. The first-order valence-electron chi connectivity index (χ1n) is 8.24. The summed E-state index contributed by atoms with van der Waals surface area (Å²) < 4.78 is 38.5. The molecule has 2 aliphatic rings. The number of benzene rings is 1. The van der Waals surface area contributed by atoms with Gasteiger partial charge in [-0.05, 0) is 37.2 Å². The van der Waals surface area contributed by atoms with E-state index in [0.29, 0.717) is 0 Å². The minimum Gasteiger partial charge on any atom is -0.351 e. The number of hydrogen-bond donors (Lipinski definition) is 2. The molecular formula is C17H20F3N3O2. The van der Waals surface area contributed by atoms with E-state index in [4.69, 9.17) is 0 Å². The van der Waals surface area contributed by atoms with Gasteiger partial charge in [0.2, 0.25) is 11.8 Å². The topological polar surface area (TPSA) is 61.4 Å². The first-order chi connectivity index (χ1) is 11.8. The number of carbonyl (C=O) groups is 2. The third-order valence-corrected chi connectivity index (χ3v) is 4.89. The van der Waals surface area contributed by atoms with Crippen molar-refractivity contribution in [3.63, 3.8) is 0 Å². The number of anilines is 1. The monoisotopic (exact) mass is 355 g/mol. The summed E-state index contributed by atoms with van der Waals surface area (Å²) >= 11 is 0. The fourth-order valence-electron chi connectivity index (χ4n) is 3.12. The Labute approximate surface area is 143 Å². The molecule has 25 heavy (non-hydrogen) atoms. The molecule has 0 radical (unpaired) electrons. The van der Waals surface area contributed by atoms with Gasteiger partial charge in [0.1, 0.15) is 0 Å². The van der Waals surface area contributed by atoms with Crippen LogP contribution in [0.3, 0.4) is 0 Å². The minimum absolute atomic E-state index is 0.0949. The van der Waals surface area contributed by atoms with Crippen LogP contribution >= 0.6 is 0 Å². The summed E-state index contributed by atoms with van der Waals surface area (Å²) in [5.74, 6) is -0.270. The van der Waals surface area contributed by atoms with Gasteiger partial charge >= 0.3 is 6.18 Å². The van der Waals surface area contributed by atoms with Crippen LogP contribution in [0.5, 0.6) is 0 Å². The molecule has 0 bridgehead atoms. The average molecular weight is 355 g/mol. The van der Waals surface area contributed by atoms with Crippen molar-refractivity contribution in [3.8, 4) is 0 Å². The summed E-state index contributed by atoms with van der Waals surface area (Å²) in [6.45, 7) is 3.63. The lowest BCUT2D eigenvalue weighted by molar-refractivity contribution is -0.137. The van der Waals surface area contributed by atoms with Gasteiger partial charge in [-0.2, -0.15) is 13.2 Å². The number of carbonyl (C=O) groups excluding carboxylic acids is 2. The van der Waals surface area contributed by atoms with E-state index in [-0.39, 0.29) is 48.3 Å². The maximum Gasteiger partial charge on any atom is 0.416 e. The lowest BCUT2D eigenvalue weighted by atomic mass is 9.88. The molecule has 0 spiro atoms. The molecule has 1 aromatic carbocycles. The van der Waals surface area contributed by atoms with Gasteiger partial charge < -0.3 is 15.5 Å². The SMILES string of the molecule is CC(C(=O)NC1CC(=O)N(c2cccc(C(F)(F)F)c2)C1)C1CNC1. The van der Waals surface area contributed by atoms with E-state index < -0.39 is 11.7 Å². The van der Waals surface area contributed by atoms with E-state index in [1.165, 1.54) is 17.0 Å². The summed E-state index contributed by atoms with van der Waals surface area (Å²) in [4.78, 5) is 25.7. The summed E-state index contributed by atoms with van der Waals surface area (Å²) in [5.41, 5.74) is -0.593. The van der Waals surface area contributed by atoms with Gasteiger partial charge in [0.15, 0.2) is 0 Å². The van der Waals surface area contributed by atoms with Crippen LogP contribution in [0, 0.1) is 11.8 Å². The van der Waals surface area contributed by atoms with Crippen molar-refractivity contribution in [2.45, 2.75) is 25.6 Å². The molecule has 0 aliphatic carbocycles. The standard InChI is InChI=1S/C17H20F3N3O2/c1-10(11-7-21-8-11)16(25)22-13-6-15(24)23(9-13)14-4-2-3-12(5-14)17(18,19)20/h2-5,10-11,13,21H,6-9H2,1H3,(H,22,25). The van der Waals surface area contributed by atoms with Gasteiger partial charge in [-0.1, -0.05) is 13.0 Å².